The molecule has 17 heteroatoms. The number of anilines is 3. The third kappa shape index (κ3) is 10.2. The van der Waals surface area contributed by atoms with E-state index in [1.807, 2.05) is 18.2 Å². The molecule has 0 bridgehead atoms. The summed E-state index contributed by atoms with van der Waals surface area (Å²) in [6, 6.07) is 12.7. The van der Waals surface area contributed by atoms with Gasteiger partial charge >= 0.3 is 0 Å². The summed E-state index contributed by atoms with van der Waals surface area (Å²) < 4.78 is 19.2. The third-order valence-electron chi connectivity index (χ3n) is 10.6. The maximum absolute atomic E-state index is 13.7. The standard InChI is InChI=1S/C42H44ClFN8O6S/c1-58-35-22-32-28(40(46-24-45-32)48-26-10-11-31(44)30(43)20-26)21-33(35)49-38(54)9-5-16-51-17-14-25(15-18-51)47-37(53)8-2-3-19-59-36-7-4-6-27-29(36)23-52(42(27)57)34-12-13-39(55)50-41(34)56/h4-7,9-11,20-22,24-25,34H,2-3,8,12-19,23H2,1H3,(H,47,53)(H,49,54)(H,45,46,48)(H,50,55,56)/b9-5+. The molecule has 3 aromatic carbocycles. The summed E-state index contributed by atoms with van der Waals surface area (Å²) in [6.07, 6.45) is 8.86. The summed E-state index contributed by atoms with van der Waals surface area (Å²) >= 11 is 7.60. The quantitative estimate of drug-likeness (QED) is 0.0480. The number of hydrogen-bond acceptors (Lipinski definition) is 11. The minimum atomic E-state index is -0.644. The number of hydrogen-bond donors (Lipinski definition) is 4. The first-order valence-electron chi connectivity index (χ1n) is 19.5. The Hall–Kier alpha value is -5.58. The molecule has 2 fully saturated rings. The van der Waals surface area contributed by atoms with Crippen molar-refractivity contribution in [2.45, 2.75) is 68.5 Å². The van der Waals surface area contributed by atoms with Crippen molar-refractivity contribution in [1.29, 1.82) is 0 Å². The molecule has 1 atom stereocenters. The van der Waals surface area contributed by atoms with Gasteiger partial charge < -0.3 is 25.6 Å². The normalized spacial score (nSPS) is 17.3. The van der Waals surface area contributed by atoms with Crippen molar-refractivity contribution in [3.63, 3.8) is 0 Å². The lowest BCUT2D eigenvalue weighted by molar-refractivity contribution is -0.137. The lowest BCUT2D eigenvalue weighted by Crippen LogP contribution is -2.52. The van der Waals surface area contributed by atoms with Gasteiger partial charge in [-0.2, -0.15) is 0 Å². The summed E-state index contributed by atoms with van der Waals surface area (Å²) in [5, 5.41) is 12.1. The van der Waals surface area contributed by atoms with E-state index in [-0.39, 0.29) is 41.1 Å². The first kappa shape index (κ1) is 41.6. The third-order valence-corrected chi connectivity index (χ3v) is 12.1. The Balaban J connectivity index is 0.811. The lowest BCUT2D eigenvalue weighted by Gasteiger charge is -2.31. The van der Waals surface area contributed by atoms with Gasteiger partial charge in [0.1, 0.15) is 29.8 Å². The van der Waals surface area contributed by atoms with E-state index >= 15 is 0 Å². The molecule has 0 radical (unpaired) electrons. The molecule has 1 aromatic heterocycles. The molecule has 5 amide bonds. The molecule has 7 rings (SSSR count). The highest BCUT2D eigenvalue weighted by Crippen LogP contribution is 2.36. The van der Waals surface area contributed by atoms with Gasteiger partial charge in [0, 0.05) is 78.7 Å². The van der Waals surface area contributed by atoms with E-state index in [2.05, 4.69) is 36.1 Å². The second-order valence-corrected chi connectivity index (χ2v) is 16.1. The van der Waals surface area contributed by atoms with E-state index in [0.29, 0.717) is 65.3 Å². The van der Waals surface area contributed by atoms with Crippen LogP contribution in [-0.2, 0) is 25.7 Å². The zero-order valence-corrected chi connectivity index (χ0v) is 34.0. The van der Waals surface area contributed by atoms with E-state index in [1.54, 1.807) is 40.9 Å². The van der Waals surface area contributed by atoms with Crippen LogP contribution in [0.5, 0.6) is 5.75 Å². The Morgan fingerprint density at radius 2 is 1.90 bits per heavy atom. The maximum atomic E-state index is 13.7. The first-order valence-corrected chi connectivity index (χ1v) is 20.9. The second-order valence-electron chi connectivity index (χ2n) is 14.6. The largest absolute Gasteiger partial charge is 0.494 e. The maximum Gasteiger partial charge on any atom is 0.255 e. The van der Waals surface area contributed by atoms with Crippen molar-refractivity contribution in [2.24, 2.45) is 0 Å². The van der Waals surface area contributed by atoms with Crippen LogP contribution in [-0.4, -0.2) is 93.9 Å². The predicted octanol–water partition coefficient (Wildman–Crippen LogP) is 5.97. The fourth-order valence-electron chi connectivity index (χ4n) is 7.47. The van der Waals surface area contributed by atoms with Gasteiger partial charge in [-0.1, -0.05) is 23.7 Å². The number of halogens is 2. The number of nitrogens with one attached hydrogen (secondary N) is 4. The topological polar surface area (TPSA) is 175 Å². The molecule has 308 valence electrons. The minimum absolute atomic E-state index is 0.0286. The zero-order valence-electron chi connectivity index (χ0n) is 32.4. The van der Waals surface area contributed by atoms with Crippen molar-refractivity contribution in [3.8, 4) is 5.75 Å². The van der Waals surface area contributed by atoms with Crippen LogP contribution in [0.2, 0.25) is 5.02 Å². The number of imide groups is 1. The molecule has 59 heavy (non-hydrogen) atoms. The van der Waals surface area contributed by atoms with E-state index in [0.717, 1.165) is 55.0 Å². The number of thioether (sulfide) groups is 1. The molecule has 0 saturated carbocycles. The predicted molar refractivity (Wildman–Crippen MR) is 223 cm³/mol. The molecule has 1 unspecified atom stereocenters. The van der Waals surface area contributed by atoms with Crippen molar-refractivity contribution in [1.82, 2.24) is 30.4 Å². The molecule has 0 spiro atoms. The van der Waals surface area contributed by atoms with E-state index < -0.39 is 17.8 Å². The number of likely N-dealkylation sites (tertiary alicyclic amines) is 1. The Bertz CT molecular complexity index is 2300. The summed E-state index contributed by atoms with van der Waals surface area (Å²) in [5.41, 5.74) is 3.05. The van der Waals surface area contributed by atoms with Gasteiger partial charge in [-0.15, -0.1) is 11.8 Å². The number of carbonyl (C=O) groups excluding carboxylic acids is 5. The first-order chi connectivity index (χ1) is 28.6. The van der Waals surface area contributed by atoms with Gasteiger partial charge in [0.25, 0.3) is 5.91 Å². The number of methoxy groups -OCH3 is 1. The minimum Gasteiger partial charge on any atom is -0.494 e. The zero-order chi connectivity index (χ0) is 41.5. The van der Waals surface area contributed by atoms with Crippen molar-refractivity contribution in [2.75, 3.05) is 43.1 Å². The summed E-state index contributed by atoms with van der Waals surface area (Å²) in [6.45, 7) is 2.49. The van der Waals surface area contributed by atoms with Gasteiger partial charge in [0.05, 0.1) is 23.3 Å². The van der Waals surface area contributed by atoms with E-state index in [4.69, 9.17) is 16.3 Å². The molecular weight excluding hydrogens is 799 g/mol. The monoisotopic (exact) mass is 842 g/mol. The number of ether oxygens (including phenoxy) is 1. The van der Waals surface area contributed by atoms with Gasteiger partial charge in [-0.05, 0) is 79.8 Å². The highest BCUT2D eigenvalue weighted by atomic mass is 35.5. The average molecular weight is 843 g/mol. The summed E-state index contributed by atoms with van der Waals surface area (Å²) in [4.78, 5) is 76.3. The number of carbonyl (C=O) groups is 5. The van der Waals surface area contributed by atoms with Crippen LogP contribution < -0.4 is 26.0 Å². The van der Waals surface area contributed by atoms with Gasteiger partial charge in [0.15, 0.2) is 0 Å². The highest BCUT2D eigenvalue weighted by Gasteiger charge is 2.39. The Kier molecular flexibility index (Phi) is 13.4. The number of benzene rings is 3. The highest BCUT2D eigenvalue weighted by molar-refractivity contribution is 7.99. The fraction of sp³-hybridized carbons (Fsp3) is 0.357. The second kappa shape index (κ2) is 19.0. The SMILES string of the molecule is COc1cc2ncnc(Nc3ccc(F)c(Cl)c3)c2cc1NC(=O)/C=C/CN1CCC(NC(=O)CCCCSc2cccc3c2CN(C2CCC(=O)NC2=O)C3=O)CC1. The number of fused-ring (bicyclic) bond motifs is 2. The van der Waals surface area contributed by atoms with Crippen LogP contribution >= 0.6 is 23.4 Å². The molecule has 14 nitrogen and oxygen atoms in total. The molecule has 0 aliphatic carbocycles. The van der Waals surface area contributed by atoms with Crippen LogP contribution in [0.25, 0.3) is 10.9 Å². The number of unbranched alkanes of at least 4 members (excludes halogenated alkanes) is 1. The lowest BCUT2D eigenvalue weighted by atomic mass is 10.0. The molecule has 4 heterocycles. The van der Waals surface area contributed by atoms with Crippen LogP contribution in [0.4, 0.5) is 21.6 Å². The molecule has 4 aromatic rings. The van der Waals surface area contributed by atoms with Crippen LogP contribution in [0.1, 0.15) is 60.9 Å². The van der Waals surface area contributed by atoms with Crippen molar-refractivity contribution < 1.29 is 33.1 Å². The number of nitrogens with zero attached hydrogens (tertiary/aromatic N) is 4. The average Bonchev–Trinajstić information content (AvgIpc) is 3.56. The molecule has 2 saturated heterocycles. The van der Waals surface area contributed by atoms with Crippen LogP contribution in [0.3, 0.4) is 0 Å². The smallest absolute Gasteiger partial charge is 0.255 e. The molecule has 4 N–H and O–H groups in total. The Labute approximate surface area is 349 Å². The molecular formula is C42H44ClFN8O6S. The van der Waals surface area contributed by atoms with Gasteiger partial charge in [-0.25, -0.2) is 14.4 Å². The Morgan fingerprint density at radius 3 is 2.68 bits per heavy atom. The number of rotatable bonds is 15. The molecule has 3 aliphatic heterocycles. The Morgan fingerprint density at radius 1 is 1.07 bits per heavy atom. The summed E-state index contributed by atoms with van der Waals surface area (Å²) in [7, 11) is 1.50. The van der Waals surface area contributed by atoms with Gasteiger partial charge in [-0.3, -0.25) is 34.2 Å². The fourth-order valence-corrected chi connectivity index (χ4v) is 8.74. The van der Waals surface area contributed by atoms with E-state index in [1.165, 1.54) is 31.6 Å². The number of amides is 5. The van der Waals surface area contributed by atoms with Crippen LogP contribution in [0, 0.1) is 5.82 Å². The summed E-state index contributed by atoms with van der Waals surface area (Å²) in [5.74, 6) is -0.0902. The molecule has 3 aliphatic rings. The van der Waals surface area contributed by atoms with E-state index in [9.17, 15) is 28.4 Å². The van der Waals surface area contributed by atoms with Crippen molar-refractivity contribution in [3.05, 3.63) is 89.0 Å². The van der Waals surface area contributed by atoms with Crippen LogP contribution in [0.15, 0.2) is 71.9 Å². The number of aromatic nitrogens is 2. The van der Waals surface area contributed by atoms with Crippen molar-refractivity contribution >= 4 is 81.0 Å². The van der Waals surface area contributed by atoms with Gasteiger partial charge in [0.2, 0.25) is 23.6 Å². The number of piperidine rings is 2.